The van der Waals surface area contributed by atoms with E-state index in [-0.39, 0.29) is 12.5 Å². The number of nitrogens with zero attached hydrogens (tertiary/aromatic N) is 3. The summed E-state index contributed by atoms with van der Waals surface area (Å²) in [6.07, 6.45) is 1.62. The quantitative estimate of drug-likeness (QED) is 0.710. The van der Waals surface area contributed by atoms with Crippen molar-refractivity contribution >= 4 is 23.4 Å². The van der Waals surface area contributed by atoms with Gasteiger partial charge in [-0.3, -0.25) is 9.59 Å². The Morgan fingerprint density at radius 2 is 2.05 bits per heavy atom. The third-order valence-electron chi connectivity index (χ3n) is 2.53. The molecular formula is C12H19N3O3S. The van der Waals surface area contributed by atoms with Gasteiger partial charge in [-0.2, -0.15) is 0 Å². The summed E-state index contributed by atoms with van der Waals surface area (Å²) in [7, 11) is 0. The molecule has 0 aliphatic carbocycles. The average Bonchev–Trinajstić information content (AvgIpc) is 2.84. The van der Waals surface area contributed by atoms with Crippen LogP contribution in [0.1, 0.15) is 42.6 Å². The Morgan fingerprint density at radius 1 is 1.32 bits per heavy atom. The zero-order valence-electron chi connectivity index (χ0n) is 11.5. The van der Waals surface area contributed by atoms with Gasteiger partial charge in [-0.25, -0.2) is 0 Å². The number of hydrogen-bond donors (Lipinski definition) is 0. The molecule has 6 nitrogen and oxygen atoms in total. The van der Waals surface area contributed by atoms with Gasteiger partial charge >= 0.3 is 5.97 Å². The van der Waals surface area contributed by atoms with Gasteiger partial charge in [0.15, 0.2) is 0 Å². The molecule has 0 aliphatic rings. The van der Waals surface area contributed by atoms with Gasteiger partial charge in [-0.05, 0) is 31.8 Å². The number of rotatable bonds is 7. The standard InChI is InChI=1S/C12H19N3O3S/c1-4-7-9-11(19-14-13-9)12(17)15(5-2)8-10(16)18-6-3/h4-8H2,1-3H3. The highest BCUT2D eigenvalue weighted by molar-refractivity contribution is 7.08. The van der Waals surface area contributed by atoms with Crippen LogP contribution in [0, 0.1) is 0 Å². The Labute approximate surface area is 116 Å². The molecule has 1 amide bonds. The molecule has 0 atom stereocenters. The summed E-state index contributed by atoms with van der Waals surface area (Å²) >= 11 is 1.08. The van der Waals surface area contributed by atoms with Crippen LogP contribution in [0.5, 0.6) is 0 Å². The van der Waals surface area contributed by atoms with Crippen molar-refractivity contribution in [2.24, 2.45) is 0 Å². The molecule has 0 saturated carbocycles. The summed E-state index contributed by atoms with van der Waals surface area (Å²) in [5.74, 6) is -0.596. The van der Waals surface area contributed by atoms with Crippen LogP contribution < -0.4 is 0 Å². The number of ether oxygens (including phenoxy) is 1. The Morgan fingerprint density at radius 3 is 2.63 bits per heavy atom. The van der Waals surface area contributed by atoms with Gasteiger partial charge in [0.2, 0.25) is 0 Å². The van der Waals surface area contributed by atoms with E-state index in [1.807, 2.05) is 13.8 Å². The average molecular weight is 285 g/mol. The molecule has 1 aromatic heterocycles. The number of carbonyl (C=O) groups is 2. The van der Waals surface area contributed by atoms with E-state index in [2.05, 4.69) is 9.59 Å². The normalized spacial score (nSPS) is 10.3. The molecule has 0 N–H and O–H groups in total. The lowest BCUT2D eigenvalue weighted by atomic mass is 10.2. The molecule has 106 valence electrons. The second-order valence-electron chi connectivity index (χ2n) is 3.92. The van der Waals surface area contributed by atoms with E-state index >= 15 is 0 Å². The summed E-state index contributed by atoms with van der Waals surface area (Å²) < 4.78 is 8.68. The maximum atomic E-state index is 12.3. The predicted octanol–water partition coefficient (Wildman–Crippen LogP) is 1.52. The van der Waals surface area contributed by atoms with E-state index in [1.165, 1.54) is 4.90 Å². The number of aromatic nitrogens is 2. The summed E-state index contributed by atoms with van der Waals surface area (Å²) in [6.45, 7) is 6.30. The zero-order chi connectivity index (χ0) is 14.3. The highest BCUT2D eigenvalue weighted by Crippen LogP contribution is 2.15. The van der Waals surface area contributed by atoms with E-state index in [4.69, 9.17) is 4.74 Å². The van der Waals surface area contributed by atoms with Crippen molar-refractivity contribution in [3.63, 3.8) is 0 Å². The number of carbonyl (C=O) groups excluding carboxylic acids is 2. The lowest BCUT2D eigenvalue weighted by Crippen LogP contribution is -2.36. The van der Waals surface area contributed by atoms with Gasteiger partial charge in [0.1, 0.15) is 11.4 Å². The summed E-state index contributed by atoms with van der Waals surface area (Å²) in [6, 6.07) is 0. The first-order valence-corrected chi connectivity index (χ1v) is 7.17. The first kappa shape index (κ1) is 15.6. The van der Waals surface area contributed by atoms with Crippen molar-refractivity contribution in [3.05, 3.63) is 10.6 Å². The fourth-order valence-electron chi connectivity index (χ4n) is 1.60. The number of hydrogen-bond acceptors (Lipinski definition) is 6. The topological polar surface area (TPSA) is 72.4 Å². The monoisotopic (exact) mass is 285 g/mol. The molecule has 0 aromatic carbocycles. The Balaban J connectivity index is 2.77. The van der Waals surface area contributed by atoms with Crippen molar-refractivity contribution in [3.8, 4) is 0 Å². The van der Waals surface area contributed by atoms with E-state index in [0.717, 1.165) is 18.0 Å². The van der Waals surface area contributed by atoms with Gasteiger partial charge in [0, 0.05) is 6.54 Å². The molecular weight excluding hydrogens is 266 g/mol. The predicted molar refractivity (Wildman–Crippen MR) is 72.1 cm³/mol. The highest BCUT2D eigenvalue weighted by atomic mass is 32.1. The van der Waals surface area contributed by atoms with Gasteiger partial charge in [-0.15, -0.1) is 5.10 Å². The molecule has 0 aliphatic heterocycles. The minimum atomic E-state index is -0.396. The van der Waals surface area contributed by atoms with Crippen LogP contribution in [0.4, 0.5) is 0 Å². The van der Waals surface area contributed by atoms with Crippen molar-refractivity contribution in [1.29, 1.82) is 0 Å². The third kappa shape index (κ3) is 4.27. The van der Waals surface area contributed by atoms with Crippen molar-refractivity contribution in [1.82, 2.24) is 14.5 Å². The number of esters is 1. The first-order chi connectivity index (χ1) is 9.13. The SMILES string of the molecule is CCCc1nnsc1C(=O)N(CC)CC(=O)OCC. The highest BCUT2D eigenvalue weighted by Gasteiger charge is 2.23. The molecule has 0 radical (unpaired) electrons. The maximum absolute atomic E-state index is 12.3. The van der Waals surface area contributed by atoms with Gasteiger partial charge in [0.05, 0.1) is 12.3 Å². The molecule has 7 heteroatoms. The molecule has 0 unspecified atom stereocenters. The van der Waals surface area contributed by atoms with E-state index in [1.54, 1.807) is 6.92 Å². The van der Waals surface area contributed by atoms with Crippen molar-refractivity contribution in [2.45, 2.75) is 33.6 Å². The molecule has 0 fully saturated rings. The molecule has 19 heavy (non-hydrogen) atoms. The molecule has 0 saturated heterocycles. The van der Waals surface area contributed by atoms with Crippen LogP contribution in [-0.2, 0) is 16.0 Å². The molecule has 0 bridgehead atoms. The van der Waals surface area contributed by atoms with Crippen LogP contribution in [0.3, 0.4) is 0 Å². The third-order valence-corrected chi connectivity index (χ3v) is 3.29. The Hall–Kier alpha value is -1.50. The minimum Gasteiger partial charge on any atom is -0.465 e. The molecule has 1 aromatic rings. The second-order valence-corrected chi connectivity index (χ2v) is 4.68. The summed E-state index contributed by atoms with van der Waals surface area (Å²) in [5, 5.41) is 3.96. The lowest BCUT2D eigenvalue weighted by Gasteiger charge is -2.19. The summed E-state index contributed by atoms with van der Waals surface area (Å²) in [5.41, 5.74) is 0.708. The van der Waals surface area contributed by atoms with Gasteiger partial charge < -0.3 is 9.64 Å². The molecule has 0 spiro atoms. The zero-order valence-corrected chi connectivity index (χ0v) is 12.3. The molecule has 1 rings (SSSR count). The van der Waals surface area contributed by atoms with Crippen molar-refractivity contribution in [2.75, 3.05) is 19.7 Å². The first-order valence-electron chi connectivity index (χ1n) is 6.40. The van der Waals surface area contributed by atoms with Crippen LogP contribution in [0.25, 0.3) is 0 Å². The molecule has 1 heterocycles. The maximum Gasteiger partial charge on any atom is 0.325 e. The summed E-state index contributed by atoms with van der Waals surface area (Å²) in [4.78, 5) is 25.7. The van der Waals surface area contributed by atoms with Crippen LogP contribution in [-0.4, -0.2) is 46.1 Å². The fraction of sp³-hybridized carbons (Fsp3) is 0.667. The minimum absolute atomic E-state index is 0.0351. The van der Waals surface area contributed by atoms with Crippen molar-refractivity contribution < 1.29 is 14.3 Å². The van der Waals surface area contributed by atoms with Crippen LogP contribution >= 0.6 is 11.5 Å². The number of amides is 1. The largest absolute Gasteiger partial charge is 0.465 e. The van der Waals surface area contributed by atoms with Gasteiger partial charge in [-0.1, -0.05) is 17.8 Å². The van der Waals surface area contributed by atoms with Crippen LogP contribution in [0.15, 0.2) is 0 Å². The Kier molecular flexibility index (Phi) is 6.41. The number of likely N-dealkylation sites (N-methyl/N-ethyl adjacent to an activating group) is 1. The second kappa shape index (κ2) is 7.83. The lowest BCUT2D eigenvalue weighted by molar-refractivity contribution is -0.143. The fourth-order valence-corrected chi connectivity index (χ4v) is 2.28. The number of aryl methyl sites for hydroxylation is 1. The Bertz CT molecular complexity index is 434. The van der Waals surface area contributed by atoms with Gasteiger partial charge in [0.25, 0.3) is 5.91 Å². The van der Waals surface area contributed by atoms with E-state index in [9.17, 15) is 9.59 Å². The van der Waals surface area contributed by atoms with Crippen LogP contribution in [0.2, 0.25) is 0 Å². The van der Waals surface area contributed by atoms with E-state index in [0.29, 0.717) is 30.1 Å². The van der Waals surface area contributed by atoms with E-state index < -0.39 is 5.97 Å². The smallest absolute Gasteiger partial charge is 0.325 e.